The molecule has 2 aromatic carbocycles. The number of esters is 1. The second kappa shape index (κ2) is 8.48. The quantitative estimate of drug-likeness (QED) is 0.496. The number of hydrogen-bond acceptors (Lipinski definition) is 5. The van der Waals surface area contributed by atoms with Crippen LogP contribution in [0, 0.1) is 0 Å². The van der Waals surface area contributed by atoms with Crippen LogP contribution in [-0.2, 0) is 9.53 Å². The van der Waals surface area contributed by atoms with Gasteiger partial charge in [-0.05, 0) is 24.3 Å². The molecule has 4 aromatic rings. The van der Waals surface area contributed by atoms with Crippen molar-refractivity contribution in [1.82, 2.24) is 9.38 Å². The highest BCUT2D eigenvalue weighted by Gasteiger charge is 2.27. The predicted molar refractivity (Wildman–Crippen MR) is 111 cm³/mol. The lowest BCUT2D eigenvalue weighted by Crippen LogP contribution is -2.26. The minimum atomic E-state index is -1.14. The number of anilines is 1. The molecular weight excluding hydrogens is 382 g/mol. The molecule has 2 aromatic heterocycles. The lowest BCUT2D eigenvalue weighted by molar-refractivity contribution is -0.125. The molecule has 0 aliphatic rings. The van der Waals surface area contributed by atoms with Crippen LogP contribution >= 0.6 is 0 Å². The highest BCUT2D eigenvalue weighted by atomic mass is 16.5. The zero-order valence-corrected chi connectivity index (χ0v) is 16.2. The Kier molecular flexibility index (Phi) is 5.43. The maximum absolute atomic E-state index is 13.0. The van der Waals surface area contributed by atoms with Gasteiger partial charge < -0.3 is 19.2 Å². The predicted octanol–water partition coefficient (Wildman–Crippen LogP) is 3.88. The standard InChI is InChI=1S/C23H19N3O4/c1-29-18-11-7-10-17(14-18)24-22(27)21(16-8-3-2-4-9-16)30-23(28)19-15-26-13-6-5-12-20(26)25-19/h2-15,21H,1H3,(H,24,27). The summed E-state index contributed by atoms with van der Waals surface area (Å²) in [5.41, 5.74) is 1.82. The zero-order chi connectivity index (χ0) is 20.9. The molecule has 1 amide bonds. The number of imidazole rings is 1. The molecule has 30 heavy (non-hydrogen) atoms. The van der Waals surface area contributed by atoms with E-state index >= 15 is 0 Å². The SMILES string of the molecule is COc1cccc(NC(=O)C(OC(=O)c2cn3ccccc3n2)c2ccccc2)c1. The van der Waals surface area contributed by atoms with Gasteiger partial charge in [-0.3, -0.25) is 4.79 Å². The van der Waals surface area contributed by atoms with Crippen LogP contribution in [0.15, 0.2) is 85.2 Å². The second-order valence-electron chi connectivity index (χ2n) is 6.51. The summed E-state index contributed by atoms with van der Waals surface area (Å²) in [6, 6.07) is 21.2. The van der Waals surface area contributed by atoms with Crippen LogP contribution in [0.25, 0.3) is 5.65 Å². The molecule has 1 atom stereocenters. The molecule has 0 bridgehead atoms. The van der Waals surface area contributed by atoms with Crippen molar-refractivity contribution in [3.8, 4) is 5.75 Å². The number of aromatic nitrogens is 2. The van der Waals surface area contributed by atoms with E-state index in [9.17, 15) is 9.59 Å². The Morgan fingerprint density at radius 2 is 1.80 bits per heavy atom. The van der Waals surface area contributed by atoms with Crippen molar-refractivity contribution < 1.29 is 19.1 Å². The van der Waals surface area contributed by atoms with Crippen LogP contribution in [0.1, 0.15) is 22.2 Å². The molecule has 0 radical (unpaired) electrons. The van der Waals surface area contributed by atoms with E-state index in [1.807, 2.05) is 18.2 Å². The van der Waals surface area contributed by atoms with E-state index in [0.717, 1.165) is 0 Å². The van der Waals surface area contributed by atoms with E-state index in [4.69, 9.17) is 9.47 Å². The molecular formula is C23H19N3O4. The summed E-state index contributed by atoms with van der Waals surface area (Å²) in [6.45, 7) is 0. The first-order valence-electron chi connectivity index (χ1n) is 9.28. The average Bonchev–Trinajstić information content (AvgIpc) is 3.22. The Balaban J connectivity index is 1.59. The van der Waals surface area contributed by atoms with Gasteiger partial charge in [0.25, 0.3) is 5.91 Å². The van der Waals surface area contributed by atoms with Crippen LogP contribution in [0.5, 0.6) is 5.75 Å². The molecule has 7 nitrogen and oxygen atoms in total. The lowest BCUT2D eigenvalue weighted by Gasteiger charge is -2.18. The molecule has 2 heterocycles. The van der Waals surface area contributed by atoms with Gasteiger partial charge >= 0.3 is 5.97 Å². The van der Waals surface area contributed by atoms with Crippen LogP contribution in [0.4, 0.5) is 5.69 Å². The number of methoxy groups -OCH3 is 1. The normalized spacial score (nSPS) is 11.6. The molecule has 1 unspecified atom stereocenters. The van der Waals surface area contributed by atoms with Crippen LogP contribution < -0.4 is 10.1 Å². The van der Waals surface area contributed by atoms with Gasteiger partial charge in [0.15, 0.2) is 5.69 Å². The molecule has 0 fully saturated rings. The number of hydrogen-bond donors (Lipinski definition) is 1. The fraction of sp³-hybridized carbons (Fsp3) is 0.0870. The van der Waals surface area contributed by atoms with E-state index in [-0.39, 0.29) is 5.69 Å². The maximum atomic E-state index is 13.0. The van der Waals surface area contributed by atoms with Gasteiger partial charge in [-0.15, -0.1) is 0 Å². The number of carbonyl (C=O) groups excluding carboxylic acids is 2. The summed E-state index contributed by atoms with van der Waals surface area (Å²) in [6.07, 6.45) is 2.21. The van der Waals surface area contributed by atoms with Gasteiger partial charge in [0, 0.05) is 29.7 Å². The minimum Gasteiger partial charge on any atom is -0.497 e. The Bertz CT molecular complexity index is 1150. The van der Waals surface area contributed by atoms with Crippen LogP contribution in [0.2, 0.25) is 0 Å². The Morgan fingerprint density at radius 3 is 2.57 bits per heavy atom. The molecule has 0 spiro atoms. The number of ether oxygens (including phenoxy) is 2. The molecule has 0 aliphatic heterocycles. The lowest BCUT2D eigenvalue weighted by atomic mass is 10.1. The summed E-state index contributed by atoms with van der Waals surface area (Å²) >= 11 is 0. The monoisotopic (exact) mass is 401 g/mol. The first-order chi connectivity index (χ1) is 14.6. The first kappa shape index (κ1) is 19.2. The summed E-state index contributed by atoms with van der Waals surface area (Å²) in [5, 5.41) is 2.78. The summed E-state index contributed by atoms with van der Waals surface area (Å²) < 4.78 is 12.5. The van der Waals surface area contributed by atoms with E-state index in [1.54, 1.807) is 78.5 Å². The Morgan fingerprint density at radius 1 is 1.00 bits per heavy atom. The van der Waals surface area contributed by atoms with Crippen molar-refractivity contribution in [2.24, 2.45) is 0 Å². The molecule has 0 aliphatic carbocycles. The first-order valence-corrected chi connectivity index (χ1v) is 9.28. The smallest absolute Gasteiger partial charge is 0.359 e. The minimum absolute atomic E-state index is 0.122. The average molecular weight is 401 g/mol. The van der Waals surface area contributed by atoms with Gasteiger partial charge in [0.2, 0.25) is 6.10 Å². The molecule has 0 saturated heterocycles. The van der Waals surface area contributed by atoms with E-state index in [2.05, 4.69) is 10.3 Å². The number of carbonyl (C=O) groups is 2. The number of nitrogens with one attached hydrogen (secondary N) is 1. The number of nitrogens with zero attached hydrogens (tertiary/aromatic N) is 2. The van der Waals surface area contributed by atoms with Gasteiger partial charge in [-0.25, -0.2) is 9.78 Å². The van der Waals surface area contributed by atoms with Crippen molar-refractivity contribution in [3.05, 3.63) is 96.4 Å². The molecule has 7 heteroatoms. The van der Waals surface area contributed by atoms with Crippen molar-refractivity contribution in [2.45, 2.75) is 6.10 Å². The van der Waals surface area contributed by atoms with Crippen LogP contribution in [-0.4, -0.2) is 28.4 Å². The highest BCUT2D eigenvalue weighted by Crippen LogP contribution is 2.23. The number of amides is 1. The van der Waals surface area contributed by atoms with Gasteiger partial charge in [-0.2, -0.15) is 0 Å². The Hall–Kier alpha value is -4.13. The summed E-state index contributed by atoms with van der Waals surface area (Å²) in [4.78, 5) is 30.0. The maximum Gasteiger partial charge on any atom is 0.359 e. The summed E-state index contributed by atoms with van der Waals surface area (Å²) in [7, 11) is 1.55. The summed E-state index contributed by atoms with van der Waals surface area (Å²) in [5.74, 6) is -0.564. The molecule has 1 N–H and O–H groups in total. The van der Waals surface area contributed by atoms with Crippen LogP contribution in [0.3, 0.4) is 0 Å². The third-order valence-electron chi connectivity index (χ3n) is 4.48. The fourth-order valence-electron chi connectivity index (χ4n) is 3.01. The van der Waals surface area contributed by atoms with E-state index in [1.165, 1.54) is 0 Å². The van der Waals surface area contributed by atoms with Crippen molar-refractivity contribution in [2.75, 3.05) is 12.4 Å². The molecule has 150 valence electrons. The van der Waals surface area contributed by atoms with Gasteiger partial charge in [0.1, 0.15) is 11.4 Å². The zero-order valence-electron chi connectivity index (χ0n) is 16.2. The van der Waals surface area contributed by atoms with Gasteiger partial charge in [0.05, 0.1) is 7.11 Å². The fourth-order valence-corrected chi connectivity index (χ4v) is 3.01. The van der Waals surface area contributed by atoms with Crippen molar-refractivity contribution in [3.63, 3.8) is 0 Å². The largest absolute Gasteiger partial charge is 0.497 e. The number of fused-ring (bicyclic) bond motifs is 1. The van der Waals surface area contributed by atoms with E-state index in [0.29, 0.717) is 22.6 Å². The highest BCUT2D eigenvalue weighted by molar-refractivity contribution is 5.98. The molecule has 0 saturated carbocycles. The number of rotatable bonds is 6. The Labute approximate surface area is 172 Å². The van der Waals surface area contributed by atoms with E-state index < -0.39 is 18.0 Å². The molecule has 4 rings (SSSR count). The van der Waals surface area contributed by atoms with Crippen molar-refractivity contribution in [1.29, 1.82) is 0 Å². The van der Waals surface area contributed by atoms with Crippen molar-refractivity contribution >= 4 is 23.2 Å². The number of benzene rings is 2. The topological polar surface area (TPSA) is 81.9 Å². The second-order valence-corrected chi connectivity index (χ2v) is 6.51. The van der Waals surface area contributed by atoms with Gasteiger partial charge in [-0.1, -0.05) is 42.5 Å². The third-order valence-corrected chi connectivity index (χ3v) is 4.48. The third kappa shape index (κ3) is 4.15. The number of pyridine rings is 1.